The lowest BCUT2D eigenvalue weighted by Gasteiger charge is -2.35. The Morgan fingerprint density at radius 2 is 2.27 bits per heavy atom. The van der Waals surface area contributed by atoms with Gasteiger partial charge in [0, 0.05) is 13.6 Å². The predicted molar refractivity (Wildman–Crippen MR) is 85.4 cm³/mol. The maximum absolute atomic E-state index is 12.6. The van der Waals surface area contributed by atoms with Gasteiger partial charge >= 0.3 is 6.03 Å². The summed E-state index contributed by atoms with van der Waals surface area (Å²) in [6, 6.07) is 1.73. The highest BCUT2D eigenvalue weighted by Crippen LogP contribution is 2.35. The largest absolute Gasteiger partial charge is 0.377 e. The Kier molecular flexibility index (Phi) is 4.63. The molecule has 1 saturated carbocycles. The van der Waals surface area contributed by atoms with E-state index in [2.05, 4.69) is 10.6 Å². The molecule has 1 aliphatic carbocycles. The summed E-state index contributed by atoms with van der Waals surface area (Å²) in [6.07, 6.45) is 3.54. The molecule has 0 aromatic carbocycles. The quantitative estimate of drug-likeness (QED) is 0.892. The molecule has 6 nitrogen and oxygen atoms in total. The highest BCUT2D eigenvalue weighted by molar-refractivity contribution is 7.14. The minimum Gasteiger partial charge on any atom is -0.377 e. The fraction of sp³-hybridized carbons (Fsp3) is 0.600. The Balaban J connectivity index is 1.67. The molecule has 0 radical (unpaired) electrons. The molecule has 3 rings (SSSR count). The van der Waals surface area contributed by atoms with E-state index in [9.17, 15) is 9.59 Å². The molecular weight excluding hydrogens is 302 g/mol. The number of hydrogen-bond acceptors (Lipinski definition) is 4. The van der Waals surface area contributed by atoms with Crippen LogP contribution in [0.15, 0.2) is 11.4 Å². The topological polar surface area (TPSA) is 70.7 Å². The number of nitrogens with one attached hydrogen (secondary N) is 2. The second-order valence-electron chi connectivity index (χ2n) is 5.77. The summed E-state index contributed by atoms with van der Waals surface area (Å²) >= 11 is 1.36. The first kappa shape index (κ1) is 15.3. The summed E-state index contributed by atoms with van der Waals surface area (Å²) in [5.41, 5.74) is 0.507. The number of thiophene rings is 1. The highest BCUT2D eigenvalue weighted by Gasteiger charge is 2.33. The molecule has 0 bridgehead atoms. The van der Waals surface area contributed by atoms with Crippen molar-refractivity contribution in [3.05, 3.63) is 17.0 Å². The van der Waals surface area contributed by atoms with Crippen molar-refractivity contribution in [2.45, 2.75) is 25.3 Å². The Morgan fingerprint density at radius 3 is 3.00 bits per heavy atom. The molecule has 3 amide bonds. The monoisotopic (exact) mass is 323 g/mol. The number of nitrogens with zero attached hydrogens (tertiary/aromatic N) is 1. The van der Waals surface area contributed by atoms with Gasteiger partial charge in [-0.05, 0) is 23.8 Å². The molecule has 120 valence electrons. The van der Waals surface area contributed by atoms with Crippen LogP contribution in [0.25, 0.3) is 0 Å². The fourth-order valence-electron chi connectivity index (χ4n) is 2.74. The van der Waals surface area contributed by atoms with Crippen LogP contribution in [0.2, 0.25) is 0 Å². The van der Waals surface area contributed by atoms with Crippen molar-refractivity contribution in [1.29, 1.82) is 0 Å². The molecule has 2 aliphatic rings. The third kappa shape index (κ3) is 3.41. The number of carbonyl (C=O) groups is 2. The summed E-state index contributed by atoms with van der Waals surface area (Å²) in [6.45, 7) is 1.78. The van der Waals surface area contributed by atoms with Crippen molar-refractivity contribution < 1.29 is 14.3 Å². The summed E-state index contributed by atoms with van der Waals surface area (Å²) in [5.74, 6) is 0.554. The second kappa shape index (κ2) is 6.66. The third-order valence-electron chi connectivity index (χ3n) is 4.15. The summed E-state index contributed by atoms with van der Waals surface area (Å²) < 4.78 is 5.52. The summed E-state index contributed by atoms with van der Waals surface area (Å²) in [7, 11) is 1.58. The van der Waals surface area contributed by atoms with Crippen LogP contribution in [-0.4, -0.2) is 49.7 Å². The van der Waals surface area contributed by atoms with Gasteiger partial charge in [0.2, 0.25) is 0 Å². The molecule has 1 saturated heterocycles. The smallest absolute Gasteiger partial charge is 0.322 e. The van der Waals surface area contributed by atoms with Gasteiger partial charge in [-0.1, -0.05) is 12.8 Å². The lowest BCUT2D eigenvalue weighted by atomic mass is 10.1. The van der Waals surface area contributed by atoms with Crippen molar-refractivity contribution in [2.24, 2.45) is 5.92 Å². The van der Waals surface area contributed by atoms with E-state index >= 15 is 0 Å². The zero-order valence-corrected chi connectivity index (χ0v) is 13.4. The van der Waals surface area contributed by atoms with Crippen LogP contribution >= 0.6 is 11.3 Å². The predicted octanol–water partition coefficient (Wildman–Crippen LogP) is 2.14. The lowest BCUT2D eigenvalue weighted by Crippen LogP contribution is -2.50. The first-order valence-electron chi connectivity index (χ1n) is 7.64. The van der Waals surface area contributed by atoms with Crippen molar-refractivity contribution in [1.82, 2.24) is 10.2 Å². The average molecular weight is 323 g/mol. The van der Waals surface area contributed by atoms with E-state index in [0.717, 1.165) is 12.3 Å². The van der Waals surface area contributed by atoms with E-state index in [1.165, 1.54) is 24.2 Å². The van der Waals surface area contributed by atoms with Gasteiger partial charge < -0.3 is 15.0 Å². The molecule has 1 atom stereocenters. The van der Waals surface area contributed by atoms with Crippen LogP contribution in [0, 0.1) is 5.92 Å². The molecule has 2 heterocycles. The first-order chi connectivity index (χ1) is 10.7. The lowest BCUT2D eigenvalue weighted by molar-refractivity contribution is 0.0108. The van der Waals surface area contributed by atoms with E-state index < -0.39 is 0 Å². The van der Waals surface area contributed by atoms with E-state index in [1.807, 2.05) is 4.90 Å². The Hall–Kier alpha value is -1.60. The molecule has 1 aromatic heterocycles. The van der Waals surface area contributed by atoms with E-state index in [-0.39, 0.29) is 18.0 Å². The minimum absolute atomic E-state index is 0.137. The maximum Gasteiger partial charge on any atom is 0.322 e. The number of rotatable bonds is 4. The molecule has 1 aromatic rings. The zero-order chi connectivity index (χ0) is 15.5. The highest BCUT2D eigenvalue weighted by atomic mass is 32.1. The number of urea groups is 1. The standard InChI is InChI=1S/C15H21N3O3S/c1-16-13(19)12-4-7-22-14(12)17-15(20)18-5-6-21-9-11(18)8-10-2-3-10/h4,7,10-11H,2-3,5-6,8-9H2,1H3,(H,16,19)(H,17,20). The average Bonchev–Trinajstić information content (AvgIpc) is 3.23. The van der Waals surface area contributed by atoms with Crippen molar-refractivity contribution in [3.63, 3.8) is 0 Å². The van der Waals surface area contributed by atoms with E-state index in [0.29, 0.717) is 30.3 Å². The van der Waals surface area contributed by atoms with Crippen molar-refractivity contribution in [2.75, 3.05) is 32.1 Å². The van der Waals surface area contributed by atoms with Crippen LogP contribution in [0.5, 0.6) is 0 Å². The zero-order valence-electron chi connectivity index (χ0n) is 12.6. The van der Waals surface area contributed by atoms with Gasteiger partial charge in [-0.2, -0.15) is 0 Å². The van der Waals surface area contributed by atoms with E-state index in [1.54, 1.807) is 18.5 Å². The molecule has 1 unspecified atom stereocenters. The van der Waals surface area contributed by atoms with Gasteiger partial charge in [0.15, 0.2) is 0 Å². The van der Waals surface area contributed by atoms with Crippen LogP contribution in [0.3, 0.4) is 0 Å². The van der Waals surface area contributed by atoms with Gasteiger partial charge in [0.05, 0.1) is 24.8 Å². The molecule has 0 spiro atoms. The Bertz CT molecular complexity index is 556. The third-order valence-corrected chi connectivity index (χ3v) is 4.98. The number of hydrogen-bond donors (Lipinski definition) is 2. The van der Waals surface area contributed by atoms with Crippen molar-refractivity contribution >= 4 is 28.3 Å². The Labute approximate surface area is 133 Å². The van der Waals surface area contributed by atoms with E-state index in [4.69, 9.17) is 4.74 Å². The number of ether oxygens (including phenoxy) is 1. The normalized spacial score (nSPS) is 21.5. The van der Waals surface area contributed by atoms with Gasteiger partial charge in [-0.15, -0.1) is 11.3 Å². The summed E-state index contributed by atoms with van der Waals surface area (Å²) in [4.78, 5) is 26.2. The maximum atomic E-state index is 12.6. The number of carbonyl (C=O) groups excluding carboxylic acids is 2. The molecule has 22 heavy (non-hydrogen) atoms. The van der Waals surface area contributed by atoms with Crippen LogP contribution in [0.1, 0.15) is 29.6 Å². The Morgan fingerprint density at radius 1 is 1.45 bits per heavy atom. The summed E-state index contributed by atoms with van der Waals surface area (Å²) in [5, 5.41) is 7.88. The molecule has 2 fully saturated rings. The van der Waals surface area contributed by atoms with Crippen LogP contribution < -0.4 is 10.6 Å². The van der Waals surface area contributed by atoms with Crippen LogP contribution in [-0.2, 0) is 4.74 Å². The number of amides is 3. The fourth-order valence-corrected chi connectivity index (χ4v) is 3.52. The molecular formula is C15H21N3O3S. The minimum atomic E-state index is -0.187. The molecule has 2 N–H and O–H groups in total. The number of anilines is 1. The molecule has 7 heteroatoms. The van der Waals surface area contributed by atoms with Gasteiger partial charge in [-0.25, -0.2) is 4.79 Å². The molecule has 1 aliphatic heterocycles. The van der Waals surface area contributed by atoms with Crippen molar-refractivity contribution in [3.8, 4) is 0 Å². The number of morpholine rings is 1. The second-order valence-corrected chi connectivity index (χ2v) is 6.69. The van der Waals surface area contributed by atoms with Gasteiger partial charge in [0.25, 0.3) is 5.91 Å². The SMILES string of the molecule is CNC(=O)c1ccsc1NC(=O)N1CCOCC1CC1CC1. The first-order valence-corrected chi connectivity index (χ1v) is 8.52. The van der Waals surface area contributed by atoms with Gasteiger partial charge in [-0.3, -0.25) is 10.1 Å². The van der Waals surface area contributed by atoms with Gasteiger partial charge in [0.1, 0.15) is 5.00 Å². The van der Waals surface area contributed by atoms with Crippen LogP contribution in [0.4, 0.5) is 9.80 Å².